The lowest BCUT2D eigenvalue weighted by Crippen LogP contribution is -2.29. The average Bonchev–Trinajstić information content (AvgIpc) is 3.10. The highest BCUT2D eigenvalue weighted by Crippen LogP contribution is 2.51. The number of nitrogens with one attached hydrogen (secondary N) is 1. The van der Waals surface area contributed by atoms with E-state index >= 15 is 0 Å². The van der Waals surface area contributed by atoms with Crippen molar-refractivity contribution in [2.75, 3.05) is 12.4 Å². The molecule has 1 aliphatic carbocycles. The summed E-state index contributed by atoms with van der Waals surface area (Å²) in [7, 11) is 1.63. The molecule has 2 aromatic carbocycles. The first-order chi connectivity index (χ1) is 12.0. The van der Waals surface area contributed by atoms with E-state index in [2.05, 4.69) is 11.4 Å². The minimum Gasteiger partial charge on any atom is -0.496 e. The highest BCUT2D eigenvalue weighted by atomic mass is 19.4. The monoisotopic (exact) mass is 345 g/mol. The quantitative estimate of drug-likeness (QED) is 0.722. The van der Waals surface area contributed by atoms with E-state index < -0.39 is 11.7 Å². The van der Waals surface area contributed by atoms with Gasteiger partial charge in [0, 0.05) is 17.2 Å². The lowest BCUT2D eigenvalue weighted by atomic mass is 9.76. The van der Waals surface area contributed by atoms with E-state index in [0.29, 0.717) is 0 Å². The number of alkyl halides is 3. The Bertz CT molecular complexity index is 828. The molecule has 130 valence electrons. The summed E-state index contributed by atoms with van der Waals surface area (Å²) in [6.07, 6.45) is 0.601. The number of fused-ring (bicyclic) bond motifs is 3. The summed E-state index contributed by atoms with van der Waals surface area (Å²) in [6.45, 7) is 0. The van der Waals surface area contributed by atoms with E-state index in [-0.39, 0.29) is 17.9 Å². The van der Waals surface area contributed by atoms with E-state index in [4.69, 9.17) is 4.74 Å². The highest BCUT2D eigenvalue weighted by Gasteiger charge is 2.40. The van der Waals surface area contributed by atoms with Crippen LogP contribution >= 0.6 is 0 Å². The number of benzene rings is 2. The SMILES string of the molecule is COc1ccccc1[C@@H]1Nc2ccc(C(F)(F)F)cc2[C@H]2C=CC[C@H]21. The molecule has 0 amide bonds. The second kappa shape index (κ2) is 5.83. The van der Waals surface area contributed by atoms with E-state index in [9.17, 15) is 13.2 Å². The van der Waals surface area contributed by atoms with Crippen molar-refractivity contribution in [2.45, 2.75) is 24.6 Å². The summed E-state index contributed by atoms with van der Waals surface area (Å²) in [6, 6.07) is 11.8. The second-order valence-corrected chi connectivity index (χ2v) is 6.52. The highest BCUT2D eigenvalue weighted by molar-refractivity contribution is 5.61. The summed E-state index contributed by atoms with van der Waals surface area (Å²) in [5.41, 5.74) is 1.92. The number of hydrogen-bond donors (Lipinski definition) is 1. The molecular weight excluding hydrogens is 327 g/mol. The van der Waals surface area contributed by atoms with Gasteiger partial charge in [-0.15, -0.1) is 0 Å². The third-order valence-corrected chi connectivity index (χ3v) is 5.16. The zero-order valence-electron chi connectivity index (χ0n) is 13.7. The minimum atomic E-state index is -4.33. The van der Waals surface area contributed by atoms with Crippen molar-refractivity contribution in [2.24, 2.45) is 5.92 Å². The lowest BCUT2D eigenvalue weighted by molar-refractivity contribution is -0.137. The maximum Gasteiger partial charge on any atom is 0.416 e. The third kappa shape index (κ3) is 2.68. The van der Waals surface area contributed by atoms with Crippen LogP contribution in [0.25, 0.3) is 0 Å². The van der Waals surface area contributed by atoms with Gasteiger partial charge in [0.1, 0.15) is 5.75 Å². The van der Waals surface area contributed by atoms with Crippen LogP contribution in [0, 0.1) is 5.92 Å². The van der Waals surface area contributed by atoms with Crippen molar-refractivity contribution in [3.63, 3.8) is 0 Å². The summed E-state index contributed by atoms with van der Waals surface area (Å²) in [4.78, 5) is 0. The number of allylic oxidation sites excluding steroid dienone is 2. The maximum atomic E-state index is 13.1. The van der Waals surface area contributed by atoms with E-state index in [0.717, 1.165) is 35.1 Å². The Morgan fingerprint density at radius 3 is 2.64 bits per heavy atom. The zero-order valence-corrected chi connectivity index (χ0v) is 13.7. The van der Waals surface area contributed by atoms with Crippen molar-refractivity contribution in [3.05, 3.63) is 71.3 Å². The molecule has 1 N–H and O–H groups in total. The zero-order chi connectivity index (χ0) is 17.6. The fourth-order valence-corrected chi connectivity index (χ4v) is 4.00. The summed E-state index contributed by atoms with van der Waals surface area (Å²) < 4.78 is 44.8. The van der Waals surface area contributed by atoms with E-state index in [1.807, 2.05) is 30.3 Å². The Balaban J connectivity index is 1.79. The van der Waals surface area contributed by atoms with Crippen LogP contribution in [0.15, 0.2) is 54.6 Å². The van der Waals surface area contributed by atoms with Gasteiger partial charge >= 0.3 is 6.18 Å². The summed E-state index contributed by atoms with van der Waals surface area (Å²) in [5.74, 6) is 0.946. The van der Waals surface area contributed by atoms with Crippen LogP contribution < -0.4 is 10.1 Å². The summed E-state index contributed by atoms with van der Waals surface area (Å²) in [5, 5.41) is 3.45. The Hall–Kier alpha value is -2.43. The molecule has 2 nitrogen and oxygen atoms in total. The Labute approximate surface area is 144 Å². The number of rotatable bonds is 2. The first kappa shape index (κ1) is 16.1. The van der Waals surface area contributed by atoms with Crippen molar-refractivity contribution >= 4 is 5.69 Å². The Morgan fingerprint density at radius 1 is 1.08 bits per heavy atom. The number of ether oxygens (including phenoxy) is 1. The van der Waals surface area contributed by atoms with Crippen LogP contribution in [0.1, 0.15) is 35.1 Å². The van der Waals surface area contributed by atoms with Crippen molar-refractivity contribution in [1.29, 1.82) is 0 Å². The molecule has 0 unspecified atom stereocenters. The second-order valence-electron chi connectivity index (χ2n) is 6.52. The smallest absolute Gasteiger partial charge is 0.416 e. The van der Waals surface area contributed by atoms with E-state index in [1.165, 1.54) is 6.07 Å². The molecule has 1 aliphatic heterocycles. The molecule has 25 heavy (non-hydrogen) atoms. The molecule has 0 saturated heterocycles. The number of hydrogen-bond acceptors (Lipinski definition) is 2. The van der Waals surface area contributed by atoms with Crippen LogP contribution in [0.4, 0.5) is 18.9 Å². The van der Waals surface area contributed by atoms with Crippen molar-refractivity contribution < 1.29 is 17.9 Å². The van der Waals surface area contributed by atoms with Gasteiger partial charge in [0.25, 0.3) is 0 Å². The molecule has 3 atom stereocenters. The molecule has 0 bridgehead atoms. The number of para-hydroxylation sites is 1. The molecule has 4 rings (SSSR count). The van der Waals surface area contributed by atoms with Crippen LogP contribution in [0.5, 0.6) is 5.75 Å². The van der Waals surface area contributed by atoms with Gasteiger partial charge in [0.2, 0.25) is 0 Å². The molecule has 0 radical (unpaired) electrons. The predicted octanol–water partition coefficient (Wildman–Crippen LogP) is 5.54. The molecule has 0 saturated carbocycles. The van der Waals surface area contributed by atoms with Crippen molar-refractivity contribution in [1.82, 2.24) is 0 Å². The minimum absolute atomic E-state index is 0.000358. The molecular formula is C20H18F3NO. The molecule has 0 fully saturated rings. The molecule has 5 heteroatoms. The van der Waals surface area contributed by atoms with Gasteiger partial charge in [-0.25, -0.2) is 0 Å². The van der Waals surface area contributed by atoms with Gasteiger partial charge in [-0.05, 0) is 42.2 Å². The lowest BCUT2D eigenvalue weighted by Gasteiger charge is -2.38. The molecule has 1 heterocycles. The van der Waals surface area contributed by atoms with Gasteiger partial charge in [-0.1, -0.05) is 30.4 Å². The van der Waals surface area contributed by atoms with Crippen LogP contribution in [-0.2, 0) is 6.18 Å². The number of methoxy groups -OCH3 is 1. The molecule has 0 aromatic heterocycles. The first-order valence-corrected chi connectivity index (χ1v) is 8.26. The Morgan fingerprint density at radius 2 is 1.88 bits per heavy atom. The van der Waals surface area contributed by atoms with Crippen LogP contribution in [0.3, 0.4) is 0 Å². The normalized spacial score (nSPS) is 24.4. The first-order valence-electron chi connectivity index (χ1n) is 8.26. The molecule has 2 aromatic rings. The number of halogens is 3. The van der Waals surface area contributed by atoms with Gasteiger partial charge < -0.3 is 10.1 Å². The third-order valence-electron chi connectivity index (χ3n) is 5.16. The fraction of sp³-hybridized carbons (Fsp3) is 0.300. The largest absolute Gasteiger partial charge is 0.496 e. The fourth-order valence-electron chi connectivity index (χ4n) is 4.00. The standard InChI is InChI=1S/C20H18F3NO/c1-25-18-8-3-2-5-15(18)19-14-7-4-6-13(14)16-11-12(20(21,22)23)9-10-17(16)24-19/h2-6,8-11,13-14,19,24H,7H2,1H3/t13-,14+,19+/m0/s1. The van der Waals surface area contributed by atoms with Crippen LogP contribution in [-0.4, -0.2) is 7.11 Å². The van der Waals surface area contributed by atoms with Crippen LogP contribution in [0.2, 0.25) is 0 Å². The van der Waals surface area contributed by atoms with E-state index in [1.54, 1.807) is 13.2 Å². The topological polar surface area (TPSA) is 21.3 Å². The molecule has 0 spiro atoms. The van der Waals surface area contributed by atoms with Gasteiger partial charge in [0.15, 0.2) is 0 Å². The maximum absolute atomic E-state index is 13.1. The summed E-state index contributed by atoms with van der Waals surface area (Å²) >= 11 is 0. The van der Waals surface area contributed by atoms with Crippen molar-refractivity contribution in [3.8, 4) is 5.75 Å². The Kier molecular flexibility index (Phi) is 3.74. The number of anilines is 1. The predicted molar refractivity (Wildman–Crippen MR) is 90.8 cm³/mol. The van der Waals surface area contributed by atoms with Gasteiger partial charge in [-0.2, -0.15) is 13.2 Å². The van der Waals surface area contributed by atoms with Gasteiger partial charge in [0.05, 0.1) is 18.7 Å². The molecule has 2 aliphatic rings. The average molecular weight is 345 g/mol. The van der Waals surface area contributed by atoms with Gasteiger partial charge in [-0.3, -0.25) is 0 Å².